The van der Waals surface area contributed by atoms with Gasteiger partial charge in [-0.15, -0.1) is 10.2 Å². The van der Waals surface area contributed by atoms with Crippen LogP contribution in [0.4, 0.5) is 5.69 Å². The summed E-state index contributed by atoms with van der Waals surface area (Å²) in [6.07, 6.45) is 5.09. The Bertz CT molecular complexity index is 1250. The summed E-state index contributed by atoms with van der Waals surface area (Å²) in [6.45, 7) is 8.68. The molecule has 5 rings (SSSR count). The van der Waals surface area contributed by atoms with Gasteiger partial charge in [0.15, 0.2) is 5.69 Å². The number of benzene rings is 1. The van der Waals surface area contributed by atoms with Crippen molar-refractivity contribution in [2.45, 2.75) is 52.7 Å². The minimum atomic E-state index is -0.547. The van der Waals surface area contributed by atoms with E-state index in [9.17, 15) is 9.90 Å². The van der Waals surface area contributed by atoms with E-state index in [2.05, 4.69) is 56.8 Å². The minimum Gasteiger partial charge on any atom is -0.493 e. The van der Waals surface area contributed by atoms with Crippen molar-refractivity contribution in [1.29, 1.82) is 0 Å². The summed E-state index contributed by atoms with van der Waals surface area (Å²) in [7, 11) is 0. The van der Waals surface area contributed by atoms with Crippen molar-refractivity contribution in [2.75, 3.05) is 6.54 Å². The molecule has 2 bridgehead atoms. The molecule has 0 radical (unpaired) electrons. The maximum atomic E-state index is 12.4. The standard InChI is InChI=1S/C25H28BrN5O2/c1-24(2)11-17-12-25(3,13-24)14-30(17)15-31-20-8-7-16(26)10-18(20)21(23(31)33)28-29-22(32)19-6-4-5-9-27-19/h4-10,17,33H,11-15H2,1-3H3. The van der Waals surface area contributed by atoms with Gasteiger partial charge in [0.25, 0.3) is 0 Å². The lowest BCUT2D eigenvalue weighted by molar-refractivity contribution is 0.0990. The van der Waals surface area contributed by atoms with Gasteiger partial charge in [0, 0.05) is 28.6 Å². The van der Waals surface area contributed by atoms with E-state index in [0.29, 0.717) is 29.2 Å². The first-order valence-electron chi connectivity index (χ1n) is 11.3. The zero-order valence-electron chi connectivity index (χ0n) is 19.1. The molecule has 1 saturated heterocycles. The van der Waals surface area contributed by atoms with Crippen molar-refractivity contribution >= 4 is 38.4 Å². The molecule has 1 aliphatic carbocycles. The highest BCUT2D eigenvalue weighted by Gasteiger charge is 2.49. The summed E-state index contributed by atoms with van der Waals surface area (Å²) < 4.78 is 2.75. The number of likely N-dealkylation sites (tertiary alicyclic amines) is 1. The zero-order chi connectivity index (χ0) is 23.4. The smallest absolute Gasteiger partial charge is 0.313 e. The largest absolute Gasteiger partial charge is 0.493 e. The van der Waals surface area contributed by atoms with Crippen molar-refractivity contribution in [3.63, 3.8) is 0 Å². The number of hydrogen-bond donors (Lipinski definition) is 1. The van der Waals surface area contributed by atoms with Crippen LogP contribution in [-0.4, -0.2) is 38.1 Å². The van der Waals surface area contributed by atoms with Gasteiger partial charge in [-0.25, -0.2) is 0 Å². The number of amides is 1. The van der Waals surface area contributed by atoms with Crippen LogP contribution in [0.2, 0.25) is 0 Å². The topological polar surface area (TPSA) is 83.1 Å². The van der Waals surface area contributed by atoms with Gasteiger partial charge in [-0.1, -0.05) is 42.8 Å². The highest BCUT2D eigenvalue weighted by molar-refractivity contribution is 9.10. The lowest BCUT2D eigenvalue weighted by atomic mass is 9.65. The Hall–Kier alpha value is -2.58. The molecule has 3 heterocycles. The Labute approximate surface area is 201 Å². The molecule has 0 spiro atoms. The molecule has 3 aromatic rings. The fraction of sp³-hybridized carbons (Fsp3) is 0.440. The second-order valence-electron chi connectivity index (χ2n) is 10.6. The van der Waals surface area contributed by atoms with Gasteiger partial charge in [-0.05, 0) is 60.4 Å². The van der Waals surface area contributed by atoms with Gasteiger partial charge in [-0.2, -0.15) is 0 Å². The maximum Gasteiger partial charge on any atom is 0.313 e. The molecule has 2 fully saturated rings. The van der Waals surface area contributed by atoms with Gasteiger partial charge in [0.1, 0.15) is 5.69 Å². The number of rotatable bonds is 4. The molecule has 1 aromatic carbocycles. The van der Waals surface area contributed by atoms with Crippen LogP contribution in [0, 0.1) is 10.8 Å². The monoisotopic (exact) mass is 509 g/mol. The van der Waals surface area contributed by atoms with Gasteiger partial charge in [0.05, 0.1) is 12.2 Å². The van der Waals surface area contributed by atoms with Crippen LogP contribution in [0.25, 0.3) is 10.9 Å². The molecule has 2 aromatic heterocycles. The van der Waals surface area contributed by atoms with Gasteiger partial charge >= 0.3 is 5.91 Å². The van der Waals surface area contributed by atoms with E-state index in [-0.39, 0.29) is 11.6 Å². The van der Waals surface area contributed by atoms with Gasteiger partial charge in [-0.3, -0.25) is 19.2 Å². The highest BCUT2D eigenvalue weighted by atomic mass is 79.9. The minimum absolute atomic E-state index is 0.0199. The van der Waals surface area contributed by atoms with E-state index >= 15 is 0 Å². The number of aromatic nitrogens is 2. The Morgan fingerprint density at radius 3 is 2.82 bits per heavy atom. The van der Waals surface area contributed by atoms with Crippen molar-refractivity contribution in [2.24, 2.45) is 21.1 Å². The Balaban J connectivity index is 1.50. The summed E-state index contributed by atoms with van der Waals surface area (Å²) in [4.78, 5) is 18.9. The molecule has 2 atom stereocenters. The number of aromatic hydroxyl groups is 1. The first kappa shape index (κ1) is 22.2. The number of azo groups is 1. The summed E-state index contributed by atoms with van der Waals surface area (Å²) >= 11 is 3.51. The van der Waals surface area contributed by atoms with E-state index < -0.39 is 5.91 Å². The molecule has 1 N–H and O–H groups in total. The van der Waals surface area contributed by atoms with E-state index in [1.807, 2.05) is 22.8 Å². The third-order valence-corrected chi connectivity index (χ3v) is 7.44. The van der Waals surface area contributed by atoms with Crippen LogP contribution in [0.5, 0.6) is 5.88 Å². The molecule has 8 heteroatoms. The summed E-state index contributed by atoms with van der Waals surface area (Å²) in [5.74, 6) is -0.527. The maximum absolute atomic E-state index is 12.4. The number of nitrogens with zero attached hydrogens (tertiary/aromatic N) is 5. The summed E-state index contributed by atoms with van der Waals surface area (Å²) in [5, 5.41) is 20.0. The SMILES string of the molecule is CC1(C)CC2CC(C)(CN2Cn2c(O)c(N=NC(=O)c3ccccn3)c3cc(Br)ccc32)C1. The molecule has 7 nitrogen and oxygen atoms in total. The molecule has 33 heavy (non-hydrogen) atoms. The lowest BCUT2D eigenvalue weighted by Gasteiger charge is -2.40. The molecule has 1 aliphatic heterocycles. The predicted molar refractivity (Wildman–Crippen MR) is 131 cm³/mol. The number of pyridine rings is 1. The second-order valence-corrected chi connectivity index (χ2v) is 11.5. The van der Waals surface area contributed by atoms with Crippen LogP contribution < -0.4 is 0 Å². The first-order chi connectivity index (χ1) is 15.6. The Morgan fingerprint density at radius 1 is 1.24 bits per heavy atom. The molecular weight excluding hydrogens is 482 g/mol. The highest BCUT2D eigenvalue weighted by Crippen LogP contribution is 2.53. The number of fused-ring (bicyclic) bond motifs is 3. The molecule has 2 aliphatic rings. The molecular formula is C25H28BrN5O2. The fourth-order valence-electron chi connectivity index (χ4n) is 6.10. The fourth-order valence-corrected chi connectivity index (χ4v) is 6.46. The zero-order valence-corrected chi connectivity index (χ0v) is 20.7. The Morgan fingerprint density at radius 2 is 2.06 bits per heavy atom. The van der Waals surface area contributed by atoms with E-state index in [1.54, 1.807) is 18.2 Å². The van der Waals surface area contributed by atoms with E-state index in [1.165, 1.54) is 19.0 Å². The number of halogens is 1. The number of hydrogen-bond acceptors (Lipinski definition) is 5. The van der Waals surface area contributed by atoms with Gasteiger partial charge < -0.3 is 5.11 Å². The quantitative estimate of drug-likeness (QED) is 0.419. The number of carbonyl (C=O) groups is 1. The van der Waals surface area contributed by atoms with Crippen LogP contribution in [0.1, 0.15) is 50.5 Å². The van der Waals surface area contributed by atoms with Crippen molar-refractivity contribution in [1.82, 2.24) is 14.5 Å². The third-order valence-electron chi connectivity index (χ3n) is 6.94. The molecule has 2 unspecified atom stereocenters. The third kappa shape index (κ3) is 4.22. The van der Waals surface area contributed by atoms with Gasteiger partial charge in [0.2, 0.25) is 5.88 Å². The summed E-state index contributed by atoms with van der Waals surface area (Å²) in [5.41, 5.74) is 1.99. The van der Waals surface area contributed by atoms with Crippen LogP contribution >= 0.6 is 15.9 Å². The molecule has 1 saturated carbocycles. The number of carbonyl (C=O) groups excluding carboxylic acids is 1. The average molecular weight is 510 g/mol. The lowest BCUT2D eigenvalue weighted by Crippen LogP contribution is -2.35. The van der Waals surface area contributed by atoms with Crippen molar-refractivity contribution in [3.8, 4) is 5.88 Å². The van der Waals surface area contributed by atoms with E-state index in [4.69, 9.17) is 0 Å². The van der Waals surface area contributed by atoms with Crippen molar-refractivity contribution < 1.29 is 9.90 Å². The molecule has 172 valence electrons. The molecule has 1 amide bonds. The normalized spacial score (nSPS) is 24.7. The van der Waals surface area contributed by atoms with E-state index in [0.717, 1.165) is 28.3 Å². The second kappa shape index (κ2) is 8.02. The predicted octanol–water partition coefficient (Wildman–Crippen LogP) is 6.29. The Kier molecular flexibility index (Phi) is 5.40. The van der Waals surface area contributed by atoms with Crippen molar-refractivity contribution in [3.05, 3.63) is 52.8 Å². The van der Waals surface area contributed by atoms with Crippen LogP contribution in [0.3, 0.4) is 0 Å². The first-order valence-corrected chi connectivity index (χ1v) is 12.1. The average Bonchev–Trinajstić information content (AvgIpc) is 3.15. The summed E-state index contributed by atoms with van der Waals surface area (Å²) in [6, 6.07) is 11.4. The van der Waals surface area contributed by atoms with Crippen LogP contribution in [0.15, 0.2) is 57.3 Å². The van der Waals surface area contributed by atoms with Crippen LogP contribution in [-0.2, 0) is 6.67 Å².